The lowest BCUT2D eigenvalue weighted by atomic mass is 10.1. The van der Waals surface area contributed by atoms with Crippen molar-refractivity contribution in [3.8, 4) is 0 Å². The average molecular weight is 247 g/mol. The van der Waals surface area contributed by atoms with Gasteiger partial charge in [-0.1, -0.05) is 6.07 Å². The van der Waals surface area contributed by atoms with Crippen molar-refractivity contribution >= 4 is 37.2 Å². The normalized spacial score (nSPS) is 10.0. The van der Waals surface area contributed by atoms with Gasteiger partial charge in [-0.25, -0.2) is 0 Å². The number of halogens is 3. The fourth-order valence-electron chi connectivity index (χ4n) is 0.731. The monoisotopic (exact) mass is 245 g/mol. The van der Waals surface area contributed by atoms with Gasteiger partial charge in [0.25, 0.3) is 0 Å². The van der Waals surface area contributed by atoms with Crippen LogP contribution in [0.1, 0.15) is 11.6 Å². The average Bonchev–Trinajstić information content (AvgIpc) is 2.05. The fraction of sp³-hybridized carbons (Fsp3) is 0.286. The summed E-state index contributed by atoms with van der Waals surface area (Å²) in [5.41, 5.74) is 12.0. The number of rotatable bonds is 2. The minimum atomic E-state index is -0.0753. The van der Waals surface area contributed by atoms with Crippen LogP contribution in [0.4, 0.5) is 0 Å². The van der Waals surface area contributed by atoms with Crippen LogP contribution in [0.5, 0.6) is 0 Å². The highest BCUT2D eigenvalue weighted by Crippen LogP contribution is 2.04. The molecule has 0 aliphatic rings. The first-order valence-corrected chi connectivity index (χ1v) is 3.20. The lowest BCUT2D eigenvalue weighted by molar-refractivity contribution is 0.733. The van der Waals surface area contributed by atoms with Crippen LogP contribution in [0, 0.1) is 0 Å². The van der Waals surface area contributed by atoms with Crippen LogP contribution in [-0.2, 0) is 0 Å². The van der Waals surface area contributed by atoms with Crippen LogP contribution in [0.25, 0.3) is 0 Å². The minimum absolute atomic E-state index is 0. The van der Waals surface area contributed by atoms with Crippen molar-refractivity contribution in [1.82, 2.24) is 4.98 Å². The Labute approximate surface area is 96.5 Å². The number of aromatic nitrogens is 1. The van der Waals surface area contributed by atoms with Gasteiger partial charge in [-0.05, 0) is 11.6 Å². The molecule has 1 rings (SSSR count). The first-order chi connectivity index (χ1) is 4.84. The lowest BCUT2D eigenvalue weighted by Crippen LogP contribution is -2.20. The SMILES string of the molecule is Cl.Cl.Cl.NCC(N)c1cccnc1. The van der Waals surface area contributed by atoms with E-state index >= 15 is 0 Å². The van der Waals surface area contributed by atoms with Gasteiger partial charge in [0.1, 0.15) is 0 Å². The maximum absolute atomic E-state index is 5.63. The topological polar surface area (TPSA) is 64.9 Å². The fourth-order valence-corrected chi connectivity index (χ4v) is 0.731. The maximum Gasteiger partial charge on any atom is 0.0434 e. The van der Waals surface area contributed by atoms with Crippen molar-refractivity contribution in [3.63, 3.8) is 0 Å². The summed E-state index contributed by atoms with van der Waals surface area (Å²) < 4.78 is 0. The van der Waals surface area contributed by atoms with E-state index in [0.717, 1.165) is 5.56 Å². The summed E-state index contributed by atoms with van der Waals surface area (Å²) in [5, 5.41) is 0. The van der Waals surface area contributed by atoms with Gasteiger partial charge < -0.3 is 11.5 Å². The highest BCUT2D eigenvalue weighted by Gasteiger charge is 2.00. The molecule has 0 amide bonds. The molecular formula is C7H14Cl3N3. The first-order valence-electron chi connectivity index (χ1n) is 3.20. The summed E-state index contributed by atoms with van der Waals surface area (Å²) in [7, 11) is 0. The Balaban J connectivity index is -0.000000333. The molecule has 0 saturated carbocycles. The van der Waals surface area contributed by atoms with Crippen LogP contribution >= 0.6 is 37.2 Å². The molecule has 0 aromatic carbocycles. The van der Waals surface area contributed by atoms with Crippen molar-refractivity contribution in [2.75, 3.05) is 6.54 Å². The molecule has 0 spiro atoms. The molecule has 1 atom stereocenters. The summed E-state index contributed by atoms with van der Waals surface area (Å²) in [6, 6.07) is 3.70. The molecular weight excluding hydrogens is 232 g/mol. The smallest absolute Gasteiger partial charge is 0.0434 e. The van der Waals surface area contributed by atoms with Crippen molar-refractivity contribution in [1.29, 1.82) is 0 Å². The zero-order valence-corrected chi connectivity index (χ0v) is 9.37. The van der Waals surface area contributed by atoms with E-state index in [1.165, 1.54) is 0 Å². The van der Waals surface area contributed by atoms with Gasteiger partial charge in [-0.3, -0.25) is 4.98 Å². The van der Waals surface area contributed by atoms with Gasteiger partial charge in [-0.2, -0.15) is 0 Å². The van der Waals surface area contributed by atoms with Crippen molar-refractivity contribution in [2.45, 2.75) is 6.04 Å². The van der Waals surface area contributed by atoms with Gasteiger partial charge in [0, 0.05) is 25.0 Å². The molecule has 0 aliphatic carbocycles. The molecule has 0 radical (unpaired) electrons. The molecule has 13 heavy (non-hydrogen) atoms. The second kappa shape index (κ2) is 10.0. The van der Waals surface area contributed by atoms with E-state index in [1.54, 1.807) is 12.4 Å². The highest BCUT2D eigenvalue weighted by molar-refractivity contribution is 5.86. The molecule has 78 valence electrons. The Kier molecular flexibility index (Phi) is 14.4. The third-order valence-electron chi connectivity index (χ3n) is 1.37. The summed E-state index contributed by atoms with van der Waals surface area (Å²) >= 11 is 0. The predicted molar refractivity (Wildman–Crippen MR) is 62.0 cm³/mol. The van der Waals surface area contributed by atoms with Crippen LogP contribution in [0.15, 0.2) is 24.5 Å². The van der Waals surface area contributed by atoms with E-state index in [2.05, 4.69) is 4.98 Å². The molecule has 1 aromatic heterocycles. The largest absolute Gasteiger partial charge is 0.329 e. The van der Waals surface area contributed by atoms with Crippen molar-refractivity contribution in [2.24, 2.45) is 11.5 Å². The second-order valence-electron chi connectivity index (χ2n) is 2.13. The number of nitrogens with zero attached hydrogens (tertiary/aromatic N) is 1. The minimum Gasteiger partial charge on any atom is -0.329 e. The molecule has 4 N–H and O–H groups in total. The van der Waals surface area contributed by atoms with Crippen LogP contribution < -0.4 is 11.5 Å². The lowest BCUT2D eigenvalue weighted by Gasteiger charge is -2.06. The third kappa shape index (κ3) is 6.07. The summed E-state index contributed by atoms with van der Waals surface area (Å²) in [5.74, 6) is 0. The van der Waals surface area contributed by atoms with Gasteiger partial charge >= 0.3 is 0 Å². The summed E-state index contributed by atoms with van der Waals surface area (Å²) in [4.78, 5) is 3.92. The molecule has 1 heterocycles. The Bertz CT molecular complexity index is 195. The van der Waals surface area contributed by atoms with E-state index in [4.69, 9.17) is 11.5 Å². The van der Waals surface area contributed by atoms with Gasteiger partial charge in [-0.15, -0.1) is 37.2 Å². The van der Waals surface area contributed by atoms with Crippen molar-refractivity contribution < 1.29 is 0 Å². The Hall–Kier alpha value is -0.0600. The molecule has 0 saturated heterocycles. The Morgan fingerprint density at radius 1 is 1.31 bits per heavy atom. The Morgan fingerprint density at radius 3 is 2.31 bits per heavy atom. The van der Waals surface area contributed by atoms with Gasteiger partial charge in [0.05, 0.1) is 0 Å². The third-order valence-corrected chi connectivity index (χ3v) is 1.37. The molecule has 3 nitrogen and oxygen atoms in total. The van der Waals surface area contributed by atoms with Crippen LogP contribution in [0.3, 0.4) is 0 Å². The number of pyridine rings is 1. The maximum atomic E-state index is 5.63. The molecule has 0 aliphatic heterocycles. The van der Waals surface area contributed by atoms with E-state index < -0.39 is 0 Å². The van der Waals surface area contributed by atoms with Crippen LogP contribution in [0.2, 0.25) is 0 Å². The zero-order valence-electron chi connectivity index (χ0n) is 6.92. The van der Waals surface area contributed by atoms with E-state index in [9.17, 15) is 0 Å². The van der Waals surface area contributed by atoms with E-state index in [1.807, 2.05) is 12.1 Å². The molecule has 0 fully saturated rings. The summed E-state index contributed by atoms with van der Waals surface area (Å²) in [6.45, 7) is 0.464. The molecule has 0 bridgehead atoms. The number of hydrogen-bond donors (Lipinski definition) is 2. The highest BCUT2D eigenvalue weighted by atomic mass is 35.5. The first kappa shape index (κ1) is 18.7. The van der Waals surface area contributed by atoms with E-state index in [-0.39, 0.29) is 43.3 Å². The quantitative estimate of drug-likeness (QED) is 0.827. The molecule has 1 aromatic rings. The number of hydrogen-bond acceptors (Lipinski definition) is 3. The Morgan fingerprint density at radius 2 is 1.92 bits per heavy atom. The van der Waals surface area contributed by atoms with Crippen molar-refractivity contribution in [3.05, 3.63) is 30.1 Å². The molecule has 1 unspecified atom stereocenters. The second-order valence-corrected chi connectivity index (χ2v) is 2.13. The van der Waals surface area contributed by atoms with Crippen LogP contribution in [-0.4, -0.2) is 11.5 Å². The summed E-state index contributed by atoms with van der Waals surface area (Å²) in [6.07, 6.45) is 3.45. The zero-order chi connectivity index (χ0) is 7.40. The molecule has 6 heteroatoms. The standard InChI is InChI=1S/C7H11N3.3ClH/c8-4-7(9)6-2-1-3-10-5-6;;;/h1-3,5,7H,4,8-9H2;3*1H. The van der Waals surface area contributed by atoms with E-state index in [0.29, 0.717) is 6.54 Å². The van der Waals surface area contributed by atoms with Gasteiger partial charge in [0.15, 0.2) is 0 Å². The van der Waals surface area contributed by atoms with Gasteiger partial charge in [0.2, 0.25) is 0 Å². The number of nitrogens with two attached hydrogens (primary N) is 2. The predicted octanol–water partition coefficient (Wildman–Crippen LogP) is 1.31.